The summed E-state index contributed by atoms with van der Waals surface area (Å²) in [6.45, 7) is 1.15. The average Bonchev–Trinajstić information content (AvgIpc) is 2.41. The second-order valence-corrected chi connectivity index (χ2v) is 4.49. The van der Waals surface area contributed by atoms with Gasteiger partial charge < -0.3 is 10.6 Å². The molecule has 0 amide bonds. The molecule has 1 heterocycles. The lowest BCUT2D eigenvalue weighted by Gasteiger charge is -2.18. The van der Waals surface area contributed by atoms with Gasteiger partial charge in [-0.05, 0) is 17.7 Å². The van der Waals surface area contributed by atoms with Gasteiger partial charge in [-0.1, -0.05) is 23.7 Å². The van der Waals surface area contributed by atoms with E-state index in [0.717, 1.165) is 23.1 Å². The fraction of sp³-hybridized carbons (Fsp3) is 0.231. The van der Waals surface area contributed by atoms with E-state index in [1.165, 1.54) is 5.56 Å². The quantitative estimate of drug-likeness (QED) is 0.918. The van der Waals surface area contributed by atoms with E-state index in [1.54, 1.807) is 12.4 Å². The van der Waals surface area contributed by atoms with E-state index in [-0.39, 0.29) is 0 Å². The number of anilines is 1. The molecule has 0 bridgehead atoms. The van der Waals surface area contributed by atoms with Gasteiger partial charge in [-0.25, -0.2) is 4.98 Å². The molecule has 0 spiro atoms. The molecular formula is C13H15ClN4. The zero-order valence-electron chi connectivity index (χ0n) is 10.2. The van der Waals surface area contributed by atoms with Crippen LogP contribution in [0.4, 0.5) is 5.82 Å². The Balaban J connectivity index is 2.11. The highest BCUT2D eigenvalue weighted by atomic mass is 35.5. The molecule has 0 aliphatic carbocycles. The number of nitrogens with zero attached hydrogens (tertiary/aromatic N) is 3. The first kappa shape index (κ1) is 12.8. The number of hydrogen-bond donors (Lipinski definition) is 1. The van der Waals surface area contributed by atoms with Crippen molar-refractivity contribution in [2.75, 3.05) is 11.9 Å². The predicted octanol–water partition coefficient (Wildman–Crippen LogP) is 2.23. The third kappa shape index (κ3) is 3.18. The van der Waals surface area contributed by atoms with Gasteiger partial charge in [-0.2, -0.15) is 0 Å². The molecule has 2 aromatic rings. The molecule has 0 radical (unpaired) electrons. The second-order valence-electron chi connectivity index (χ2n) is 4.06. The van der Waals surface area contributed by atoms with Crippen molar-refractivity contribution in [3.8, 4) is 0 Å². The summed E-state index contributed by atoms with van der Waals surface area (Å²) in [6.07, 6.45) is 3.41. The molecule has 0 aliphatic rings. The molecule has 0 fully saturated rings. The minimum atomic E-state index is 0.398. The van der Waals surface area contributed by atoms with Gasteiger partial charge in [0.15, 0.2) is 0 Å². The van der Waals surface area contributed by atoms with Crippen LogP contribution >= 0.6 is 11.6 Å². The summed E-state index contributed by atoms with van der Waals surface area (Å²) < 4.78 is 0. The number of benzene rings is 1. The normalized spacial score (nSPS) is 10.4. The molecule has 94 valence electrons. The second kappa shape index (κ2) is 5.80. The molecule has 0 saturated carbocycles. The van der Waals surface area contributed by atoms with Gasteiger partial charge >= 0.3 is 0 Å². The van der Waals surface area contributed by atoms with Crippen molar-refractivity contribution in [3.63, 3.8) is 0 Å². The number of hydrogen-bond acceptors (Lipinski definition) is 4. The first-order valence-corrected chi connectivity index (χ1v) is 6.03. The van der Waals surface area contributed by atoms with E-state index in [1.807, 2.05) is 36.2 Å². The molecule has 18 heavy (non-hydrogen) atoms. The van der Waals surface area contributed by atoms with Crippen molar-refractivity contribution in [1.29, 1.82) is 0 Å². The SMILES string of the molecule is CN(Cc1ccc(Cl)cc1)c1cncc(CN)n1. The van der Waals surface area contributed by atoms with Crippen LogP contribution in [0.2, 0.25) is 5.02 Å². The van der Waals surface area contributed by atoms with Crippen molar-refractivity contribution in [1.82, 2.24) is 9.97 Å². The van der Waals surface area contributed by atoms with Gasteiger partial charge in [0.25, 0.3) is 0 Å². The smallest absolute Gasteiger partial charge is 0.147 e. The van der Waals surface area contributed by atoms with Crippen LogP contribution < -0.4 is 10.6 Å². The van der Waals surface area contributed by atoms with Gasteiger partial charge in [0, 0.05) is 31.4 Å². The van der Waals surface area contributed by atoms with E-state index in [9.17, 15) is 0 Å². The lowest BCUT2D eigenvalue weighted by atomic mass is 10.2. The molecule has 5 heteroatoms. The molecule has 0 aliphatic heterocycles. The number of aromatic nitrogens is 2. The summed E-state index contributed by atoms with van der Waals surface area (Å²) >= 11 is 5.85. The fourth-order valence-corrected chi connectivity index (χ4v) is 1.75. The van der Waals surface area contributed by atoms with Gasteiger partial charge in [0.2, 0.25) is 0 Å². The summed E-state index contributed by atoms with van der Waals surface area (Å²) in [6, 6.07) is 7.76. The summed E-state index contributed by atoms with van der Waals surface area (Å²) in [7, 11) is 1.97. The Bertz CT molecular complexity index is 513. The van der Waals surface area contributed by atoms with Gasteiger partial charge in [-0.3, -0.25) is 4.98 Å². The Morgan fingerprint density at radius 2 is 1.94 bits per heavy atom. The minimum absolute atomic E-state index is 0.398. The van der Waals surface area contributed by atoms with Crippen molar-refractivity contribution < 1.29 is 0 Å². The van der Waals surface area contributed by atoms with E-state index < -0.39 is 0 Å². The predicted molar refractivity (Wildman–Crippen MR) is 73.5 cm³/mol. The fourth-order valence-electron chi connectivity index (χ4n) is 1.62. The topological polar surface area (TPSA) is 55.0 Å². The molecule has 0 unspecified atom stereocenters. The largest absolute Gasteiger partial charge is 0.354 e. The highest BCUT2D eigenvalue weighted by molar-refractivity contribution is 6.30. The standard InChI is InChI=1S/C13H15ClN4/c1-18(9-10-2-4-11(14)5-3-10)13-8-16-7-12(6-15)17-13/h2-5,7-8H,6,9,15H2,1H3. The van der Waals surface area contributed by atoms with Gasteiger partial charge in [0.1, 0.15) is 5.82 Å². The molecular weight excluding hydrogens is 248 g/mol. The number of rotatable bonds is 4. The average molecular weight is 263 g/mol. The maximum Gasteiger partial charge on any atom is 0.147 e. The Hall–Kier alpha value is -1.65. The maximum atomic E-state index is 5.85. The van der Waals surface area contributed by atoms with E-state index >= 15 is 0 Å². The van der Waals surface area contributed by atoms with Gasteiger partial charge in [-0.15, -0.1) is 0 Å². The zero-order chi connectivity index (χ0) is 13.0. The van der Waals surface area contributed by atoms with Crippen LogP contribution in [0.3, 0.4) is 0 Å². The third-order valence-corrected chi connectivity index (χ3v) is 2.86. The van der Waals surface area contributed by atoms with Crippen LogP contribution in [-0.2, 0) is 13.1 Å². The van der Waals surface area contributed by atoms with Crippen LogP contribution in [0.5, 0.6) is 0 Å². The molecule has 2 N–H and O–H groups in total. The van der Waals surface area contributed by atoms with Crippen molar-refractivity contribution in [3.05, 3.63) is 52.9 Å². The highest BCUT2D eigenvalue weighted by Gasteiger charge is 2.05. The molecule has 2 rings (SSSR count). The van der Waals surface area contributed by atoms with Gasteiger partial charge in [0.05, 0.1) is 11.9 Å². The van der Waals surface area contributed by atoms with Crippen molar-refractivity contribution in [2.24, 2.45) is 5.73 Å². The lowest BCUT2D eigenvalue weighted by molar-refractivity contribution is 0.865. The summed E-state index contributed by atoms with van der Waals surface area (Å²) in [4.78, 5) is 10.6. The van der Waals surface area contributed by atoms with Crippen LogP contribution in [0.25, 0.3) is 0 Å². The van der Waals surface area contributed by atoms with Crippen LogP contribution in [0.1, 0.15) is 11.3 Å². The Morgan fingerprint density at radius 3 is 2.61 bits per heavy atom. The van der Waals surface area contributed by atoms with E-state index in [4.69, 9.17) is 17.3 Å². The first-order valence-electron chi connectivity index (χ1n) is 5.65. The molecule has 0 saturated heterocycles. The summed E-state index contributed by atoms with van der Waals surface area (Å²) in [5.41, 5.74) is 7.51. The zero-order valence-corrected chi connectivity index (χ0v) is 10.9. The van der Waals surface area contributed by atoms with Crippen molar-refractivity contribution in [2.45, 2.75) is 13.1 Å². The maximum absolute atomic E-state index is 5.85. The molecule has 1 aromatic heterocycles. The molecule has 1 aromatic carbocycles. The van der Waals surface area contributed by atoms with Crippen LogP contribution in [-0.4, -0.2) is 17.0 Å². The highest BCUT2D eigenvalue weighted by Crippen LogP contribution is 2.14. The summed E-state index contributed by atoms with van der Waals surface area (Å²) in [5.74, 6) is 0.813. The number of halogens is 1. The minimum Gasteiger partial charge on any atom is -0.354 e. The monoisotopic (exact) mass is 262 g/mol. The van der Waals surface area contributed by atoms with Crippen LogP contribution in [0.15, 0.2) is 36.7 Å². The Labute approximate surface area is 111 Å². The molecule has 4 nitrogen and oxygen atoms in total. The lowest BCUT2D eigenvalue weighted by Crippen LogP contribution is -2.18. The Morgan fingerprint density at radius 1 is 1.22 bits per heavy atom. The van der Waals surface area contributed by atoms with Crippen molar-refractivity contribution >= 4 is 17.4 Å². The van der Waals surface area contributed by atoms with E-state index in [2.05, 4.69) is 9.97 Å². The van der Waals surface area contributed by atoms with Crippen LogP contribution in [0, 0.1) is 0 Å². The number of nitrogens with two attached hydrogens (primary N) is 1. The Kier molecular flexibility index (Phi) is 4.12. The molecule has 0 atom stereocenters. The van der Waals surface area contributed by atoms with E-state index in [0.29, 0.717) is 6.54 Å². The third-order valence-electron chi connectivity index (χ3n) is 2.60. The first-order chi connectivity index (χ1) is 8.69. The summed E-state index contributed by atoms with van der Waals surface area (Å²) in [5, 5.41) is 0.742.